The van der Waals surface area contributed by atoms with Crippen molar-refractivity contribution >= 4 is 5.97 Å². The number of aliphatic hydroxyl groups excluding tert-OH is 1. The van der Waals surface area contributed by atoms with Gasteiger partial charge in [-0.25, -0.2) is 4.79 Å². The molecule has 6 atom stereocenters. The summed E-state index contributed by atoms with van der Waals surface area (Å²) in [5.74, 6) is -0.107. The Morgan fingerprint density at radius 2 is 1.93 bits per heavy atom. The molecule has 2 bridgehead atoms. The Morgan fingerprint density at radius 1 is 1.18 bits per heavy atom. The van der Waals surface area contributed by atoms with Gasteiger partial charge in [-0.1, -0.05) is 67.6 Å². The van der Waals surface area contributed by atoms with E-state index in [1.54, 1.807) is 6.08 Å². The maximum absolute atomic E-state index is 10.6. The summed E-state index contributed by atoms with van der Waals surface area (Å²) in [4.78, 5) is 10.5. The SMILES string of the molecule is CC(c1ccccc1)C(O)/C=C/C1C2CCC(O2)C1C/C=C\C/C=C/C(=O)O. The monoisotopic (exact) mass is 382 g/mol. The Labute approximate surface area is 167 Å². The molecule has 2 aliphatic rings. The number of allylic oxidation sites excluding steroid dienone is 3. The molecule has 0 aliphatic carbocycles. The van der Waals surface area contributed by atoms with Crippen molar-refractivity contribution in [2.75, 3.05) is 0 Å². The highest BCUT2D eigenvalue weighted by Crippen LogP contribution is 2.46. The van der Waals surface area contributed by atoms with Gasteiger partial charge in [-0.2, -0.15) is 0 Å². The Kier molecular flexibility index (Phi) is 7.24. The van der Waals surface area contributed by atoms with Crippen LogP contribution in [0.25, 0.3) is 0 Å². The van der Waals surface area contributed by atoms with Crippen LogP contribution in [0.5, 0.6) is 0 Å². The fourth-order valence-electron chi connectivity index (χ4n) is 4.35. The molecule has 2 aliphatic heterocycles. The molecule has 4 nitrogen and oxygen atoms in total. The number of carbonyl (C=O) groups is 1. The van der Waals surface area contributed by atoms with Crippen molar-refractivity contribution in [1.29, 1.82) is 0 Å². The van der Waals surface area contributed by atoms with Crippen LogP contribution in [0.3, 0.4) is 0 Å². The lowest BCUT2D eigenvalue weighted by atomic mass is 9.77. The van der Waals surface area contributed by atoms with E-state index in [0.717, 1.165) is 24.8 Å². The normalized spacial score (nSPS) is 29.2. The minimum Gasteiger partial charge on any atom is -0.478 e. The van der Waals surface area contributed by atoms with E-state index in [0.29, 0.717) is 24.4 Å². The van der Waals surface area contributed by atoms with Crippen LogP contribution in [0, 0.1) is 11.8 Å². The van der Waals surface area contributed by atoms with Crippen molar-refractivity contribution in [3.05, 3.63) is 72.4 Å². The number of benzene rings is 1. The van der Waals surface area contributed by atoms with Crippen LogP contribution in [0.1, 0.15) is 44.1 Å². The molecule has 6 unspecified atom stereocenters. The molecule has 2 heterocycles. The van der Waals surface area contributed by atoms with Crippen LogP contribution >= 0.6 is 0 Å². The van der Waals surface area contributed by atoms with Crippen LogP contribution < -0.4 is 0 Å². The lowest BCUT2D eigenvalue weighted by molar-refractivity contribution is -0.131. The number of carboxylic acid groups (broad SMARTS) is 1. The average Bonchev–Trinajstić information content (AvgIpc) is 3.30. The molecule has 0 spiro atoms. The molecule has 28 heavy (non-hydrogen) atoms. The summed E-state index contributed by atoms with van der Waals surface area (Å²) >= 11 is 0. The number of carboxylic acids is 1. The van der Waals surface area contributed by atoms with Crippen molar-refractivity contribution in [3.8, 4) is 0 Å². The summed E-state index contributed by atoms with van der Waals surface area (Å²) in [6.45, 7) is 2.05. The summed E-state index contributed by atoms with van der Waals surface area (Å²) in [6, 6.07) is 10.1. The van der Waals surface area contributed by atoms with Gasteiger partial charge in [0, 0.05) is 17.9 Å². The standard InChI is InChI=1S/C24H30O4/c1-17(18-9-5-4-6-10-18)21(25)14-13-20-19(22-15-16-23(20)28-22)11-7-2-3-8-12-24(26)27/h2,4-10,12-14,17,19-23,25H,3,11,15-16H2,1H3,(H,26,27)/b7-2-,12-8+,14-13+. The second-order valence-corrected chi connectivity index (χ2v) is 7.79. The van der Waals surface area contributed by atoms with E-state index >= 15 is 0 Å². The molecule has 2 N–H and O–H groups in total. The van der Waals surface area contributed by atoms with Crippen molar-refractivity contribution in [3.63, 3.8) is 0 Å². The summed E-state index contributed by atoms with van der Waals surface area (Å²) in [5.41, 5.74) is 1.14. The number of hydrogen-bond donors (Lipinski definition) is 2. The smallest absolute Gasteiger partial charge is 0.327 e. The van der Waals surface area contributed by atoms with Gasteiger partial charge >= 0.3 is 5.97 Å². The van der Waals surface area contributed by atoms with Crippen LogP contribution in [-0.2, 0) is 9.53 Å². The quantitative estimate of drug-likeness (QED) is 0.488. The summed E-state index contributed by atoms with van der Waals surface area (Å²) in [7, 11) is 0. The lowest BCUT2D eigenvalue weighted by Crippen LogP contribution is -2.26. The first-order chi connectivity index (χ1) is 13.6. The topological polar surface area (TPSA) is 66.8 Å². The van der Waals surface area contributed by atoms with Crippen LogP contribution in [0.4, 0.5) is 0 Å². The molecule has 0 saturated carbocycles. The Bertz CT molecular complexity index is 721. The van der Waals surface area contributed by atoms with Gasteiger partial charge in [-0.05, 0) is 37.2 Å². The molecule has 4 heteroatoms. The molecular formula is C24H30O4. The average molecular weight is 383 g/mol. The number of fused-ring (bicyclic) bond motifs is 2. The highest BCUT2D eigenvalue weighted by atomic mass is 16.5. The van der Waals surface area contributed by atoms with E-state index in [9.17, 15) is 9.90 Å². The van der Waals surface area contributed by atoms with Gasteiger partial charge < -0.3 is 14.9 Å². The second kappa shape index (κ2) is 9.85. The largest absolute Gasteiger partial charge is 0.478 e. The zero-order valence-electron chi connectivity index (χ0n) is 16.4. The molecule has 0 radical (unpaired) electrons. The van der Waals surface area contributed by atoms with E-state index in [-0.39, 0.29) is 12.0 Å². The predicted molar refractivity (Wildman–Crippen MR) is 110 cm³/mol. The highest BCUT2D eigenvalue weighted by molar-refractivity contribution is 5.79. The van der Waals surface area contributed by atoms with E-state index in [1.807, 2.05) is 37.3 Å². The maximum atomic E-state index is 10.6. The Hall–Kier alpha value is -2.17. The fraction of sp³-hybridized carbons (Fsp3) is 0.458. The van der Waals surface area contributed by atoms with E-state index in [1.165, 1.54) is 6.08 Å². The van der Waals surface area contributed by atoms with Gasteiger partial charge in [0.15, 0.2) is 0 Å². The molecular weight excluding hydrogens is 352 g/mol. The first-order valence-corrected chi connectivity index (χ1v) is 10.2. The molecule has 2 saturated heterocycles. The van der Waals surface area contributed by atoms with E-state index in [4.69, 9.17) is 9.84 Å². The highest BCUT2D eigenvalue weighted by Gasteiger charge is 2.46. The van der Waals surface area contributed by atoms with Crippen LogP contribution in [0.15, 0.2) is 66.8 Å². The third-order valence-corrected chi connectivity index (χ3v) is 5.96. The molecule has 0 amide bonds. The number of ether oxygens (including phenoxy) is 1. The third kappa shape index (κ3) is 5.21. The van der Waals surface area contributed by atoms with Gasteiger partial charge in [0.1, 0.15) is 0 Å². The zero-order valence-corrected chi connectivity index (χ0v) is 16.4. The molecule has 150 valence electrons. The predicted octanol–water partition coefficient (Wildman–Crippen LogP) is 4.48. The molecule has 2 fully saturated rings. The summed E-state index contributed by atoms with van der Waals surface area (Å²) < 4.78 is 6.13. The van der Waals surface area contributed by atoms with Crippen molar-refractivity contribution in [1.82, 2.24) is 0 Å². The number of hydrogen-bond acceptors (Lipinski definition) is 3. The first-order valence-electron chi connectivity index (χ1n) is 10.2. The van der Waals surface area contributed by atoms with Gasteiger partial charge in [0.05, 0.1) is 18.3 Å². The molecule has 1 aromatic rings. The van der Waals surface area contributed by atoms with E-state index in [2.05, 4.69) is 24.3 Å². The zero-order chi connectivity index (χ0) is 19.9. The van der Waals surface area contributed by atoms with Gasteiger partial charge in [0.25, 0.3) is 0 Å². The van der Waals surface area contributed by atoms with Crippen molar-refractivity contribution in [2.24, 2.45) is 11.8 Å². The third-order valence-electron chi connectivity index (χ3n) is 5.96. The van der Waals surface area contributed by atoms with Gasteiger partial charge in [0.2, 0.25) is 0 Å². The summed E-state index contributed by atoms with van der Waals surface area (Å²) in [6.07, 6.45) is 14.8. The van der Waals surface area contributed by atoms with Gasteiger partial charge in [-0.15, -0.1) is 0 Å². The van der Waals surface area contributed by atoms with Crippen LogP contribution in [-0.4, -0.2) is 34.5 Å². The Balaban J connectivity index is 1.57. The van der Waals surface area contributed by atoms with Gasteiger partial charge in [-0.3, -0.25) is 0 Å². The number of rotatable bonds is 9. The molecule has 3 rings (SSSR count). The Morgan fingerprint density at radius 3 is 2.68 bits per heavy atom. The van der Waals surface area contributed by atoms with Crippen molar-refractivity contribution < 1.29 is 19.7 Å². The number of aliphatic hydroxyl groups is 1. The minimum atomic E-state index is -0.914. The first kappa shape index (κ1) is 20.6. The molecule has 1 aromatic carbocycles. The molecule has 0 aromatic heterocycles. The fourth-order valence-corrected chi connectivity index (χ4v) is 4.35. The van der Waals surface area contributed by atoms with Crippen molar-refractivity contribution in [2.45, 2.75) is 56.8 Å². The minimum absolute atomic E-state index is 0.0522. The summed E-state index contributed by atoms with van der Waals surface area (Å²) in [5, 5.41) is 19.2. The lowest BCUT2D eigenvalue weighted by Gasteiger charge is -2.25. The maximum Gasteiger partial charge on any atom is 0.327 e. The van der Waals surface area contributed by atoms with Crippen LogP contribution in [0.2, 0.25) is 0 Å². The number of aliphatic carboxylic acids is 1. The van der Waals surface area contributed by atoms with E-state index < -0.39 is 12.1 Å². The second-order valence-electron chi connectivity index (χ2n) is 7.79.